The number of hydrogen-bond acceptors (Lipinski definition) is 3. The molecule has 90 valence electrons. The Morgan fingerprint density at radius 2 is 2.17 bits per heavy atom. The van der Waals surface area contributed by atoms with Crippen molar-refractivity contribution in [3.8, 4) is 5.75 Å². The lowest BCUT2D eigenvalue weighted by molar-refractivity contribution is 0.272. The van der Waals surface area contributed by atoms with Gasteiger partial charge in [0.05, 0.1) is 6.20 Å². The number of benzene rings is 1. The zero-order chi connectivity index (χ0) is 12.4. The molecular formula is C14H10FNO2. The fourth-order valence-electron chi connectivity index (χ4n) is 1.74. The van der Waals surface area contributed by atoms with Gasteiger partial charge in [0.15, 0.2) is 11.4 Å². The van der Waals surface area contributed by atoms with Crippen molar-refractivity contribution in [1.82, 2.24) is 4.98 Å². The van der Waals surface area contributed by atoms with E-state index in [0.29, 0.717) is 11.5 Å². The van der Waals surface area contributed by atoms with Crippen LogP contribution in [0.1, 0.15) is 5.76 Å². The number of ether oxygens (including phenoxy) is 1. The number of rotatable bonds is 3. The SMILES string of the molecule is Fc1cccc2cc(COc3cccnc3)oc12. The Labute approximate surface area is 103 Å². The van der Waals surface area contributed by atoms with Gasteiger partial charge >= 0.3 is 0 Å². The highest BCUT2D eigenvalue weighted by Crippen LogP contribution is 2.22. The molecule has 3 rings (SSSR count). The van der Waals surface area contributed by atoms with Crippen molar-refractivity contribution < 1.29 is 13.5 Å². The van der Waals surface area contributed by atoms with E-state index in [1.54, 1.807) is 42.7 Å². The molecule has 0 N–H and O–H groups in total. The summed E-state index contributed by atoms with van der Waals surface area (Å²) < 4.78 is 24.3. The molecule has 0 spiro atoms. The van der Waals surface area contributed by atoms with Crippen LogP contribution in [-0.2, 0) is 6.61 Å². The number of furan rings is 1. The summed E-state index contributed by atoms with van der Waals surface area (Å²) >= 11 is 0. The summed E-state index contributed by atoms with van der Waals surface area (Å²) in [5.41, 5.74) is 0.266. The second-order valence-corrected chi connectivity index (χ2v) is 3.85. The molecule has 0 radical (unpaired) electrons. The predicted octanol–water partition coefficient (Wildman–Crippen LogP) is 3.55. The van der Waals surface area contributed by atoms with Crippen LogP contribution in [0.25, 0.3) is 11.0 Å². The largest absolute Gasteiger partial charge is 0.484 e. The molecule has 0 bridgehead atoms. The van der Waals surface area contributed by atoms with E-state index in [1.165, 1.54) is 6.07 Å². The third-order valence-electron chi connectivity index (χ3n) is 2.56. The van der Waals surface area contributed by atoms with Gasteiger partial charge in [-0.3, -0.25) is 4.98 Å². The van der Waals surface area contributed by atoms with E-state index in [1.807, 2.05) is 0 Å². The minimum Gasteiger partial charge on any atom is -0.484 e. The van der Waals surface area contributed by atoms with Crippen LogP contribution in [-0.4, -0.2) is 4.98 Å². The van der Waals surface area contributed by atoms with Crippen molar-refractivity contribution in [2.75, 3.05) is 0 Å². The van der Waals surface area contributed by atoms with Crippen LogP contribution in [0.4, 0.5) is 4.39 Å². The van der Waals surface area contributed by atoms with Gasteiger partial charge in [0.25, 0.3) is 0 Å². The van der Waals surface area contributed by atoms with Gasteiger partial charge in [0.2, 0.25) is 0 Å². The molecule has 0 saturated carbocycles. The highest BCUT2D eigenvalue weighted by Gasteiger charge is 2.08. The van der Waals surface area contributed by atoms with E-state index in [2.05, 4.69) is 4.98 Å². The molecule has 18 heavy (non-hydrogen) atoms. The molecule has 4 heteroatoms. The Balaban J connectivity index is 1.81. The minimum atomic E-state index is -0.361. The van der Waals surface area contributed by atoms with Gasteiger partial charge in [-0.2, -0.15) is 0 Å². The maximum atomic E-state index is 13.4. The molecule has 0 atom stereocenters. The Hall–Kier alpha value is -2.36. The summed E-state index contributed by atoms with van der Waals surface area (Å²) in [6.07, 6.45) is 3.28. The molecule has 1 aromatic carbocycles. The van der Waals surface area contributed by atoms with Crippen molar-refractivity contribution in [2.45, 2.75) is 6.61 Å². The molecule has 0 unspecified atom stereocenters. The zero-order valence-corrected chi connectivity index (χ0v) is 9.47. The molecule has 3 nitrogen and oxygen atoms in total. The topological polar surface area (TPSA) is 35.3 Å². The second-order valence-electron chi connectivity index (χ2n) is 3.85. The molecule has 0 aliphatic carbocycles. The maximum Gasteiger partial charge on any atom is 0.170 e. The summed E-state index contributed by atoms with van der Waals surface area (Å²) in [7, 11) is 0. The van der Waals surface area contributed by atoms with Crippen molar-refractivity contribution in [3.63, 3.8) is 0 Å². The van der Waals surface area contributed by atoms with Crippen LogP contribution in [0.15, 0.2) is 53.2 Å². The molecule has 0 aliphatic heterocycles. The third-order valence-corrected chi connectivity index (χ3v) is 2.56. The van der Waals surface area contributed by atoms with Crippen molar-refractivity contribution in [1.29, 1.82) is 0 Å². The van der Waals surface area contributed by atoms with Crippen molar-refractivity contribution in [3.05, 3.63) is 60.4 Å². The first-order valence-electron chi connectivity index (χ1n) is 5.53. The van der Waals surface area contributed by atoms with Crippen LogP contribution >= 0.6 is 0 Å². The second kappa shape index (κ2) is 4.49. The Kier molecular flexibility index (Phi) is 2.68. The first-order chi connectivity index (χ1) is 8.83. The lowest BCUT2D eigenvalue weighted by Crippen LogP contribution is -1.93. The molecule has 3 aromatic rings. The van der Waals surface area contributed by atoms with Crippen LogP contribution < -0.4 is 4.74 Å². The van der Waals surface area contributed by atoms with E-state index in [-0.39, 0.29) is 18.0 Å². The lowest BCUT2D eigenvalue weighted by atomic mass is 10.2. The minimum absolute atomic E-state index is 0.250. The Morgan fingerprint density at radius 1 is 1.22 bits per heavy atom. The van der Waals surface area contributed by atoms with E-state index in [0.717, 1.165) is 5.39 Å². The van der Waals surface area contributed by atoms with Crippen molar-refractivity contribution in [2.24, 2.45) is 0 Å². The average Bonchev–Trinajstić information content (AvgIpc) is 2.82. The first kappa shape index (κ1) is 10.8. The van der Waals surface area contributed by atoms with E-state index in [9.17, 15) is 4.39 Å². The van der Waals surface area contributed by atoms with Gasteiger partial charge in [-0.25, -0.2) is 4.39 Å². The molecule has 0 fully saturated rings. The van der Waals surface area contributed by atoms with E-state index >= 15 is 0 Å². The van der Waals surface area contributed by atoms with E-state index < -0.39 is 0 Å². The normalized spacial score (nSPS) is 10.7. The summed E-state index contributed by atoms with van der Waals surface area (Å²) in [6, 6.07) is 10.2. The number of pyridine rings is 1. The average molecular weight is 243 g/mol. The first-order valence-corrected chi connectivity index (χ1v) is 5.53. The van der Waals surface area contributed by atoms with Crippen LogP contribution in [0.5, 0.6) is 5.75 Å². The number of nitrogens with zero attached hydrogens (tertiary/aromatic N) is 1. The Bertz CT molecular complexity index is 664. The van der Waals surface area contributed by atoms with Gasteiger partial charge < -0.3 is 9.15 Å². The summed E-state index contributed by atoms with van der Waals surface area (Å²) in [5.74, 6) is 0.873. The number of fused-ring (bicyclic) bond motifs is 1. The fraction of sp³-hybridized carbons (Fsp3) is 0.0714. The number of aromatic nitrogens is 1. The summed E-state index contributed by atoms with van der Waals surface area (Å²) in [5, 5.41) is 0.736. The van der Waals surface area contributed by atoms with Gasteiger partial charge in [-0.15, -0.1) is 0 Å². The quantitative estimate of drug-likeness (QED) is 0.705. The molecule has 0 aliphatic rings. The Morgan fingerprint density at radius 3 is 2.94 bits per heavy atom. The highest BCUT2D eigenvalue weighted by atomic mass is 19.1. The van der Waals surface area contributed by atoms with Crippen LogP contribution in [0.3, 0.4) is 0 Å². The molecule has 2 heterocycles. The standard InChI is InChI=1S/C14H10FNO2/c15-13-5-1-3-10-7-12(18-14(10)13)9-17-11-4-2-6-16-8-11/h1-8H,9H2. The monoisotopic (exact) mass is 243 g/mol. The van der Waals surface area contributed by atoms with Gasteiger partial charge in [-0.05, 0) is 24.3 Å². The third kappa shape index (κ3) is 2.05. The summed E-state index contributed by atoms with van der Waals surface area (Å²) in [4.78, 5) is 3.94. The maximum absolute atomic E-state index is 13.4. The predicted molar refractivity (Wildman–Crippen MR) is 64.7 cm³/mol. The number of para-hydroxylation sites is 1. The number of halogens is 1. The van der Waals surface area contributed by atoms with Crippen molar-refractivity contribution >= 4 is 11.0 Å². The highest BCUT2D eigenvalue weighted by molar-refractivity contribution is 5.78. The van der Waals surface area contributed by atoms with Gasteiger partial charge in [0, 0.05) is 11.6 Å². The molecule has 0 amide bonds. The number of hydrogen-bond donors (Lipinski definition) is 0. The van der Waals surface area contributed by atoms with Gasteiger partial charge in [0.1, 0.15) is 18.1 Å². The van der Waals surface area contributed by atoms with Crippen LogP contribution in [0, 0.1) is 5.82 Å². The molecule has 0 saturated heterocycles. The van der Waals surface area contributed by atoms with Gasteiger partial charge in [-0.1, -0.05) is 12.1 Å². The lowest BCUT2D eigenvalue weighted by Gasteiger charge is -2.01. The fourth-order valence-corrected chi connectivity index (χ4v) is 1.74. The summed E-state index contributed by atoms with van der Waals surface area (Å²) in [6.45, 7) is 0.250. The molecule has 2 aromatic heterocycles. The smallest absolute Gasteiger partial charge is 0.170 e. The van der Waals surface area contributed by atoms with E-state index in [4.69, 9.17) is 9.15 Å². The zero-order valence-electron chi connectivity index (χ0n) is 9.47. The molecular weight excluding hydrogens is 233 g/mol. The van der Waals surface area contributed by atoms with Crippen LogP contribution in [0.2, 0.25) is 0 Å².